The number of nitrogens with one attached hydrogen (secondary N) is 3. The van der Waals surface area contributed by atoms with Gasteiger partial charge in [0.25, 0.3) is 0 Å². The van der Waals surface area contributed by atoms with Gasteiger partial charge in [0.15, 0.2) is 5.76 Å². The number of nitrogens with zero attached hydrogens (tertiary/aromatic N) is 2. The molecule has 3 heterocycles. The van der Waals surface area contributed by atoms with Gasteiger partial charge in [-0.2, -0.15) is 9.03 Å². The highest BCUT2D eigenvalue weighted by Crippen LogP contribution is 2.34. The van der Waals surface area contributed by atoms with Crippen LogP contribution in [0.3, 0.4) is 0 Å². The molecule has 1 aromatic heterocycles. The van der Waals surface area contributed by atoms with Gasteiger partial charge in [0.1, 0.15) is 12.1 Å². The molecule has 54 heavy (non-hydrogen) atoms. The molecule has 2 atom stereocenters. The average Bonchev–Trinajstić information content (AvgIpc) is 3.56. The molecule has 2 fully saturated rings. The van der Waals surface area contributed by atoms with Gasteiger partial charge < -0.3 is 15.2 Å². The van der Waals surface area contributed by atoms with Crippen LogP contribution in [0.2, 0.25) is 10.0 Å². The van der Waals surface area contributed by atoms with E-state index in [-0.39, 0.29) is 39.0 Å². The first-order chi connectivity index (χ1) is 25.3. The summed E-state index contributed by atoms with van der Waals surface area (Å²) in [4.78, 5) is 25.2. The van der Waals surface area contributed by atoms with E-state index in [0.717, 1.165) is 24.0 Å². The van der Waals surface area contributed by atoms with Gasteiger partial charge in [-0.05, 0) is 90.6 Å². The second-order valence-electron chi connectivity index (χ2n) is 15.0. The van der Waals surface area contributed by atoms with Crippen LogP contribution in [-0.2, 0) is 36.2 Å². The second kappa shape index (κ2) is 16.9. The first kappa shape index (κ1) is 41.4. The van der Waals surface area contributed by atoms with Crippen LogP contribution in [0, 0.1) is 10.8 Å². The zero-order valence-electron chi connectivity index (χ0n) is 30.5. The maximum Gasteiger partial charge on any atom is 0.244 e. The molecule has 16 heteroatoms. The normalized spacial score (nSPS) is 20.1. The molecule has 2 aliphatic heterocycles. The highest BCUT2D eigenvalue weighted by Gasteiger charge is 2.41. The van der Waals surface area contributed by atoms with E-state index in [4.69, 9.17) is 27.7 Å². The minimum Gasteiger partial charge on any atom is -0.356 e. The molecule has 4 aromatic rings. The van der Waals surface area contributed by atoms with E-state index < -0.39 is 32.1 Å². The van der Waals surface area contributed by atoms with Crippen molar-refractivity contribution < 1.29 is 30.9 Å². The van der Waals surface area contributed by atoms with Gasteiger partial charge >= 0.3 is 0 Å². The van der Waals surface area contributed by atoms with Crippen LogP contribution >= 0.6 is 23.2 Å². The lowest BCUT2D eigenvalue weighted by atomic mass is 9.83. The predicted molar refractivity (Wildman–Crippen MR) is 208 cm³/mol. The summed E-state index contributed by atoms with van der Waals surface area (Å²) in [6.45, 7) is 9.29. The Morgan fingerprint density at radius 3 is 1.85 bits per heavy atom. The third-order valence-electron chi connectivity index (χ3n) is 9.53. The Labute approximate surface area is 327 Å². The summed E-state index contributed by atoms with van der Waals surface area (Å²) in [6.07, 6.45) is 4.04. The number of carbonyl (C=O) groups is 2. The van der Waals surface area contributed by atoms with Gasteiger partial charge in [0.2, 0.25) is 31.9 Å². The van der Waals surface area contributed by atoms with Crippen LogP contribution in [0.25, 0.3) is 11.3 Å². The lowest BCUT2D eigenvalue weighted by molar-refractivity contribution is -0.125. The van der Waals surface area contributed by atoms with Crippen molar-refractivity contribution in [1.29, 1.82) is 0 Å². The largest absolute Gasteiger partial charge is 0.356 e. The van der Waals surface area contributed by atoms with Crippen molar-refractivity contribution >= 4 is 55.1 Å². The molecule has 0 saturated carbocycles. The Bertz CT molecular complexity index is 2130. The van der Waals surface area contributed by atoms with Crippen molar-refractivity contribution in [3.05, 3.63) is 101 Å². The summed E-state index contributed by atoms with van der Waals surface area (Å²) in [5, 5.41) is 10.3. The molecule has 0 aliphatic carbocycles. The van der Waals surface area contributed by atoms with Crippen molar-refractivity contribution in [2.75, 3.05) is 13.1 Å². The van der Waals surface area contributed by atoms with Gasteiger partial charge in [-0.1, -0.05) is 80.3 Å². The quantitative estimate of drug-likeness (QED) is 0.174. The molecule has 0 bridgehead atoms. The van der Waals surface area contributed by atoms with E-state index in [1.54, 1.807) is 12.3 Å². The number of hydrogen-bond donors (Lipinski definition) is 3. The van der Waals surface area contributed by atoms with Gasteiger partial charge in [-0.15, -0.1) is 0 Å². The van der Waals surface area contributed by atoms with E-state index in [1.807, 2.05) is 38.1 Å². The van der Waals surface area contributed by atoms with Crippen LogP contribution < -0.4 is 15.4 Å². The highest BCUT2D eigenvalue weighted by molar-refractivity contribution is 7.89. The number of rotatable bonds is 9. The second-order valence-corrected chi connectivity index (χ2v) is 19.5. The molecule has 0 unspecified atom stereocenters. The zero-order valence-corrected chi connectivity index (χ0v) is 33.7. The Morgan fingerprint density at radius 1 is 0.759 bits per heavy atom. The molecular weight excluding hydrogens is 773 g/mol. The number of amides is 2. The Kier molecular flexibility index (Phi) is 13.0. The minimum absolute atomic E-state index is 0.0514. The predicted octanol–water partition coefficient (Wildman–Crippen LogP) is 6.41. The van der Waals surface area contributed by atoms with Crippen LogP contribution in [0.15, 0.2) is 99.4 Å². The van der Waals surface area contributed by atoms with Crippen molar-refractivity contribution in [3.63, 3.8) is 0 Å². The number of halogens is 2. The monoisotopic (exact) mass is 817 g/mol. The Morgan fingerprint density at radius 2 is 1.30 bits per heavy atom. The maximum absolute atomic E-state index is 13.7. The smallest absolute Gasteiger partial charge is 0.244 e. The molecule has 0 spiro atoms. The van der Waals surface area contributed by atoms with E-state index in [2.05, 4.69) is 34.4 Å². The SMILES string of the molecule is CC1(C)CCNC(=O)[C@H](N(Cc2ccc(-c3ccno3)cc2)S(=O)(=O)c2ccc(Cl)cc2)C1.CC1(C)CCNC(=O)[C@H](NS(=O)(=O)c2ccc(Cl)cc2)C1. The number of benzene rings is 3. The van der Waals surface area contributed by atoms with Crippen molar-refractivity contribution in [1.82, 2.24) is 24.8 Å². The summed E-state index contributed by atoms with van der Waals surface area (Å²) < 4.78 is 61.2. The molecule has 290 valence electrons. The third-order valence-corrected chi connectivity index (χ3v) is 13.4. The fourth-order valence-electron chi connectivity index (χ4n) is 6.38. The fraction of sp³-hybridized carbons (Fsp3) is 0.395. The molecule has 3 aromatic carbocycles. The van der Waals surface area contributed by atoms with Crippen molar-refractivity contribution in [2.45, 2.75) is 81.8 Å². The number of hydrogen-bond acceptors (Lipinski definition) is 8. The van der Waals surface area contributed by atoms with Gasteiger partial charge in [0.05, 0.1) is 16.0 Å². The lowest BCUT2D eigenvalue weighted by Gasteiger charge is -2.33. The van der Waals surface area contributed by atoms with Gasteiger partial charge in [-0.25, -0.2) is 16.8 Å². The fourth-order valence-corrected chi connectivity index (χ4v) is 9.40. The summed E-state index contributed by atoms with van der Waals surface area (Å²) in [6, 6.07) is 19.4. The molecule has 3 N–H and O–H groups in total. The molecule has 12 nitrogen and oxygen atoms in total. The van der Waals surface area contributed by atoms with Gasteiger partial charge in [-0.3, -0.25) is 9.59 Å². The van der Waals surface area contributed by atoms with Gasteiger partial charge in [0, 0.05) is 41.3 Å². The third kappa shape index (κ3) is 10.7. The zero-order chi connectivity index (χ0) is 39.3. The summed E-state index contributed by atoms with van der Waals surface area (Å²) in [7, 11) is -7.73. The van der Waals surface area contributed by atoms with Crippen LogP contribution in [-0.4, -0.2) is 63.3 Å². The Hall–Kier alpha value is -3.79. The van der Waals surface area contributed by atoms with E-state index in [9.17, 15) is 26.4 Å². The average molecular weight is 819 g/mol. The molecular formula is C38H45Cl2N5O7S2. The molecule has 2 saturated heterocycles. The summed E-state index contributed by atoms with van der Waals surface area (Å²) >= 11 is 11.7. The standard InChI is InChI=1S/C24H26ClN3O4S.C14H19ClN2O3S/c1-24(2)12-14-26-23(29)21(15-24)28(33(30,31)20-9-7-19(25)8-10-20)16-17-3-5-18(6-4-17)22-11-13-27-32-22;1-14(2)7-8-16-13(18)12(9-14)17-21(19,20)11-5-3-10(15)4-6-11/h3-11,13,21H,12,14-16H2,1-2H3,(H,26,29);3-6,12,17H,7-9H2,1-2H3,(H,16,18)/t21-;12-/m11/s1. The number of aromatic nitrogens is 1. The van der Waals surface area contributed by atoms with E-state index in [1.165, 1.54) is 52.8 Å². The molecule has 6 rings (SSSR count). The Balaban J connectivity index is 0.000000230. The van der Waals surface area contributed by atoms with Crippen LogP contribution in [0.5, 0.6) is 0 Å². The van der Waals surface area contributed by atoms with E-state index in [0.29, 0.717) is 41.7 Å². The number of sulfonamides is 2. The summed E-state index contributed by atoms with van der Waals surface area (Å²) in [5.74, 6) is 0.0617. The minimum atomic E-state index is -3.98. The van der Waals surface area contributed by atoms with E-state index >= 15 is 0 Å². The van der Waals surface area contributed by atoms with Crippen LogP contribution in [0.4, 0.5) is 0 Å². The lowest BCUT2D eigenvalue weighted by Crippen LogP contribution is -2.49. The number of carbonyl (C=O) groups excluding carboxylic acids is 2. The molecule has 2 aliphatic rings. The summed E-state index contributed by atoms with van der Waals surface area (Å²) in [5.41, 5.74) is 1.28. The highest BCUT2D eigenvalue weighted by atomic mass is 35.5. The first-order valence-corrected chi connectivity index (χ1v) is 21.1. The maximum atomic E-state index is 13.7. The first-order valence-electron chi connectivity index (χ1n) is 17.5. The van der Waals surface area contributed by atoms with Crippen LogP contribution in [0.1, 0.15) is 58.9 Å². The topological polar surface area (TPSA) is 168 Å². The molecule has 0 radical (unpaired) electrons. The molecule has 2 amide bonds. The van der Waals surface area contributed by atoms with Crippen molar-refractivity contribution in [2.24, 2.45) is 10.8 Å². The van der Waals surface area contributed by atoms with Crippen molar-refractivity contribution in [3.8, 4) is 11.3 Å².